The maximum absolute atomic E-state index is 12.4. The van der Waals surface area contributed by atoms with Crippen LogP contribution in [0.1, 0.15) is 139 Å². The standard InChI is InChI=1S/C36H54O2S/c1-3-5-6-7-8-9-10-11-12-13-14-15-16-17-18-19-23-30-39-34-28-26-33(36(31-34)38-4-2)27-29-35(37)32-24-21-20-22-25-32/h20-22,24-29,31H,3-19,23,30H2,1-2H3. The Morgan fingerprint density at radius 1 is 0.692 bits per heavy atom. The molecular formula is C36H54O2S. The van der Waals surface area contributed by atoms with Gasteiger partial charge in [0, 0.05) is 16.0 Å². The van der Waals surface area contributed by atoms with Gasteiger partial charge in [-0.2, -0.15) is 0 Å². The van der Waals surface area contributed by atoms with Crippen LogP contribution < -0.4 is 4.74 Å². The fraction of sp³-hybridized carbons (Fsp3) is 0.583. The molecule has 0 bridgehead atoms. The fourth-order valence-corrected chi connectivity index (χ4v) is 5.84. The molecule has 2 aromatic carbocycles. The van der Waals surface area contributed by atoms with E-state index in [0.29, 0.717) is 12.2 Å². The number of ether oxygens (including phenoxy) is 1. The van der Waals surface area contributed by atoms with Gasteiger partial charge in [0.2, 0.25) is 0 Å². The van der Waals surface area contributed by atoms with Crippen LogP contribution in [-0.4, -0.2) is 18.1 Å². The molecule has 2 nitrogen and oxygen atoms in total. The molecule has 39 heavy (non-hydrogen) atoms. The van der Waals surface area contributed by atoms with E-state index in [4.69, 9.17) is 4.74 Å². The lowest BCUT2D eigenvalue weighted by molar-refractivity contribution is 0.104. The second-order valence-corrected chi connectivity index (χ2v) is 11.9. The lowest BCUT2D eigenvalue weighted by atomic mass is 10.0. The Labute approximate surface area is 244 Å². The van der Waals surface area contributed by atoms with E-state index in [1.54, 1.807) is 6.08 Å². The first-order valence-corrected chi connectivity index (χ1v) is 16.9. The Balaban J connectivity index is 1.51. The van der Waals surface area contributed by atoms with E-state index in [1.807, 2.05) is 55.1 Å². The number of benzene rings is 2. The molecule has 0 aliphatic heterocycles. The van der Waals surface area contributed by atoms with Crippen LogP contribution in [0.5, 0.6) is 5.75 Å². The molecule has 2 aromatic rings. The lowest BCUT2D eigenvalue weighted by Gasteiger charge is -2.10. The van der Waals surface area contributed by atoms with Gasteiger partial charge in [-0.3, -0.25) is 4.79 Å². The monoisotopic (exact) mass is 550 g/mol. The summed E-state index contributed by atoms with van der Waals surface area (Å²) in [4.78, 5) is 13.7. The highest BCUT2D eigenvalue weighted by atomic mass is 32.2. The Bertz CT molecular complexity index is 906. The molecule has 0 heterocycles. The van der Waals surface area contributed by atoms with Gasteiger partial charge in [0.1, 0.15) is 5.75 Å². The van der Waals surface area contributed by atoms with Crippen LogP contribution in [0.3, 0.4) is 0 Å². The SMILES string of the molecule is CCCCCCCCCCCCCCCCCCCSc1ccc(C=CC(=O)c2ccccc2)c(OCC)c1. The van der Waals surface area contributed by atoms with E-state index < -0.39 is 0 Å². The van der Waals surface area contributed by atoms with Crippen molar-refractivity contribution in [3.05, 3.63) is 65.7 Å². The second-order valence-electron chi connectivity index (χ2n) is 10.7. The van der Waals surface area contributed by atoms with Gasteiger partial charge < -0.3 is 4.74 Å². The predicted molar refractivity (Wildman–Crippen MR) is 172 cm³/mol. The number of allylic oxidation sites excluding steroid dienone is 1. The highest BCUT2D eigenvalue weighted by Gasteiger charge is 2.06. The molecule has 0 aliphatic carbocycles. The summed E-state index contributed by atoms with van der Waals surface area (Å²) in [5, 5.41) is 0. The average molecular weight is 551 g/mol. The lowest BCUT2D eigenvalue weighted by Crippen LogP contribution is -1.96. The third-order valence-corrected chi connectivity index (χ3v) is 8.35. The van der Waals surface area contributed by atoms with Gasteiger partial charge in [-0.25, -0.2) is 0 Å². The first-order valence-electron chi connectivity index (χ1n) is 15.9. The number of hydrogen-bond acceptors (Lipinski definition) is 3. The average Bonchev–Trinajstić information content (AvgIpc) is 2.96. The van der Waals surface area contributed by atoms with Gasteiger partial charge in [0.05, 0.1) is 6.61 Å². The van der Waals surface area contributed by atoms with Crippen LogP contribution in [0.25, 0.3) is 6.08 Å². The number of rotatable bonds is 24. The highest BCUT2D eigenvalue weighted by Crippen LogP contribution is 2.29. The zero-order valence-electron chi connectivity index (χ0n) is 24.9. The third kappa shape index (κ3) is 16.0. The van der Waals surface area contributed by atoms with E-state index in [-0.39, 0.29) is 5.78 Å². The fourth-order valence-electron chi connectivity index (χ4n) is 4.90. The van der Waals surface area contributed by atoms with Gasteiger partial charge in [0.15, 0.2) is 5.78 Å². The molecular weight excluding hydrogens is 496 g/mol. The van der Waals surface area contributed by atoms with Crippen LogP contribution >= 0.6 is 11.8 Å². The second kappa shape index (κ2) is 22.8. The zero-order valence-corrected chi connectivity index (χ0v) is 25.7. The van der Waals surface area contributed by atoms with Crippen molar-refractivity contribution in [3.63, 3.8) is 0 Å². The van der Waals surface area contributed by atoms with Crippen LogP contribution in [0.15, 0.2) is 59.5 Å². The molecule has 216 valence electrons. The predicted octanol–water partition coefficient (Wildman–Crippen LogP) is 11.7. The normalized spacial score (nSPS) is 11.3. The van der Waals surface area contributed by atoms with Crippen molar-refractivity contribution in [2.45, 2.75) is 128 Å². The van der Waals surface area contributed by atoms with Crippen LogP contribution in [0.2, 0.25) is 0 Å². The number of carbonyl (C=O) groups excluding carboxylic acids is 1. The first-order chi connectivity index (χ1) is 19.2. The number of ketones is 1. The van der Waals surface area contributed by atoms with E-state index in [1.165, 1.54) is 114 Å². The summed E-state index contributed by atoms with van der Waals surface area (Å²) in [5.41, 5.74) is 1.65. The Morgan fingerprint density at radius 3 is 1.77 bits per heavy atom. The molecule has 3 heteroatoms. The number of thioether (sulfide) groups is 1. The quantitative estimate of drug-likeness (QED) is 0.0562. The molecule has 0 radical (unpaired) electrons. The number of hydrogen-bond donors (Lipinski definition) is 0. The van der Waals surface area contributed by atoms with E-state index in [2.05, 4.69) is 25.1 Å². The van der Waals surface area contributed by atoms with Gasteiger partial charge in [-0.15, -0.1) is 11.8 Å². The van der Waals surface area contributed by atoms with Crippen molar-refractivity contribution < 1.29 is 9.53 Å². The van der Waals surface area contributed by atoms with Gasteiger partial charge in [-0.05, 0) is 43.4 Å². The Hall–Kier alpha value is -2.00. The number of unbranched alkanes of at least 4 members (excludes halogenated alkanes) is 16. The molecule has 0 unspecified atom stereocenters. The van der Waals surface area contributed by atoms with Crippen LogP contribution in [-0.2, 0) is 0 Å². The minimum absolute atomic E-state index is 0.00954. The minimum Gasteiger partial charge on any atom is -0.493 e. The van der Waals surface area contributed by atoms with E-state index >= 15 is 0 Å². The molecule has 0 fully saturated rings. The maximum atomic E-state index is 12.4. The van der Waals surface area contributed by atoms with Gasteiger partial charge in [-0.1, -0.05) is 146 Å². The van der Waals surface area contributed by atoms with Gasteiger partial charge >= 0.3 is 0 Å². The summed E-state index contributed by atoms with van der Waals surface area (Å²) in [6, 6.07) is 15.7. The van der Waals surface area contributed by atoms with Crippen molar-refractivity contribution >= 4 is 23.6 Å². The van der Waals surface area contributed by atoms with Crippen molar-refractivity contribution in [1.29, 1.82) is 0 Å². The summed E-state index contributed by atoms with van der Waals surface area (Å²) in [5.74, 6) is 2.00. The van der Waals surface area contributed by atoms with E-state index in [9.17, 15) is 4.79 Å². The summed E-state index contributed by atoms with van der Waals surface area (Å²) >= 11 is 1.91. The molecule has 0 amide bonds. The molecule has 0 aromatic heterocycles. The van der Waals surface area contributed by atoms with Crippen LogP contribution in [0, 0.1) is 0 Å². The minimum atomic E-state index is 0.00954. The smallest absolute Gasteiger partial charge is 0.185 e. The topological polar surface area (TPSA) is 26.3 Å². The third-order valence-electron chi connectivity index (χ3n) is 7.27. The molecule has 0 aliphatic rings. The highest BCUT2D eigenvalue weighted by molar-refractivity contribution is 7.99. The molecule has 2 rings (SSSR count). The van der Waals surface area contributed by atoms with E-state index in [0.717, 1.165) is 17.1 Å². The molecule has 0 spiro atoms. The summed E-state index contributed by atoms with van der Waals surface area (Å²) in [6.07, 6.45) is 27.5. The van der Waals surface area contributed by atoms with Crippen molar-refractivity contribution in [2.24, 2.45) is 0 Å². The summed E-state index contributed by atoms with van der Waals surface area (Å²) < 4.78 is 5.88. The molecule has 0 atom stereocenters. The zero-order chi connectivity index (χ0) is 27.8. The van der Waals surface area contributed by atoms with Crippen molar-refractivity contribution in [2.75, 3.05) is 12.4 Å². The summed E-state index contributed by atoms with van der Waals surface area (Å²) in [7, 11) is 0. The first kappa shape index (κ1) is 33.2. The van der Waals surface area contributed by atoms with Crippen molar-refractivity contribution in [3.8, 4) is 5.75 Å². The Morgan fingerprint density at radius 2 is 1.23 bits per heavy atom. The van der Waals surface area contributed by atoms with Crippen LogP contribution in [0.4, 0.5) is 0 Å². The van der Waals surface area contributed by atoms with Gasteiger partial charge in [0.25, 0.3) is 0 Å². The van der Waals surface area contributed by atoms with Crippen molar-refractivity contribution in [1.82, 2.24) is 0 Å². The largest absolute Gasteiger partial charge is 0.493 e. The molecule has 0 N–H and O–H groups in total. The maximum Gasteiger partial charge on any atom is 0.185 e. The Kier molecular flexibility index (Phi) is 19.4. The number of carbonyl (C=O) groups is 1. The summed E-state index contributed by atoms with van der Waals surface area (Å²) in [6.45, 7) is 4.90. The molecule has 0 saturated carbocycles. The molecule has 0 saturated heterocycles.